The molecule has 2 aromatic rings. The molecule has 24 heavy (non-hydrogen) atoms. The molecule has 5 nitrogen and oxygen atoms in total. The summed E-state index contributed by atoms with van der Waals surface area (Å²) in [7, 11) is 0. The van der Waals surface area contributed by atoms with Crippen molar-refractivity contribution in [2.75, 3.05) is 39.4 Å². The predicted octanol–water partition coefficient (Wildman–Crippen LogP) is 2.32. The van der Waals surface area contributed by atoms with Crippen molar-refractivity contribution in [1.82, 2.24) is 15.2 Å². The zero-order valence-corrected chi connectivity index (χ0v) is 14.4. The van der Waals surface area contributed by atoms with Gasteiger partial charge in [0.25, 0.3) is 5.91 Å². The maximum atomic E-state index is 13.0. The van der Waals surface area contributed by atoms with E-state index in [0.29, 0.717) is 17.1 Å². The number of hydrogen-bond donors (Lipinski definition) is 1. The number of aryl methyl sites for hydroxylation is 1. The van der Waals surface area contributed by atoms with Crippen molar-refractivity contribution in [3.8, 4) is 10.6 Å². The van der Waals surface area contributed by atoms with Crippen molar-refractivity contribution < 1.29 is 13.9 Å². The molecular weight excluding hydrogens is 329 g/mol. The Hall–Kier alpha value is -1.83. The van der Waals surface area contributed by atoms with E-state index in [1.54, 1.807) is 12.1 Å². The smallest absolute Gasteiger partial charge is 0.263 e. The second-order valence-electron chi connectivity index (χ2n) is 5.65. The average Bonchev–Trinajstić information content (AvgIpc) is 2.98. The third kappa shape index (κ3) is 4.17. The zero-order chi connectivity index (χ0) is 16.9. The van der Waals surface area contributed by atoms with E-state index < -0.39 is 0 Å². The van der Waals surface area contributed by atoms with Crippen molar-refractivity contribution in [2.45, 2.75) is 6.92 Å². The average molecular weight is 349 g/mol. The van der Waals surface area contributed by atoms with Gasteiger partial charge in [-0.2, -0.15) is 0 Å². The van der Waals surface area contributed by atoms with Gasteiger partial charge in [-0.05, 0) is 31.2 Å². The highest BCUT2D eigenvalue weighted by atomic mass is 32.1. The van der Waals surface area contributed by atoms with E-state index in [2.05, 4.69) is 15.2 Å². The van der Waals surface area contributed by atoms with Crippen LogP contribution >= 0.6 is 11.3 Å². The lowest BCUT2D eigenvalue weighted by Gasteiger charge is -2.26. The summed E-state index contributed by atoms with van der Waals surface area (Å²) in [6.45, 7) is 6.56. The van der Waals surface area contributed by atoms with Gasteiger partial charge in [0.15, 0.2) is 0 Å². The van der Waals surface area contributed by atoms with Crippen LogP contribution in [-0.4, -0.2) is 55.2 Å². The van der Waals surface area contributed by atoms with Gasteiger partial charge in [-0.15, -0.1) is 11.3 Å². The standard InChI is InChI=1S/C17H20FN3O2S/c1-12-15(16(22)19-6-7-21-8-10-23-11-9-21)24-17(20-12)13-2-4-14(18)5-3-13/h2-5H,6-11H2,1H3,(H,19,22). The number of carbonyl (C=O) groups is 1. The Bertz CT molecular complexity index is 696. The largest absolute Gasteiger partial charge is 0.379 e. The fourth-order valence-corrected chi connectivity index (χ4v) is 3.54. The first kappa shape index (κ1) is 17.0. The third-order valence-corrected chi connectivity index (χ3v) is 5.12. The van der Waals surface area contributed by atoms with Crippen LogP contribution < -0.4 is 5.32 Å². The molecule has 0 spiro atoms. The molecule has 1 aromatic heterocycles. The Balaban J connectivity index is 1.59. The van der Waals surface area contributed by atoms with Gasteiger partial charge in [-0.25, -0.2) is 9.37 Å². The minimum atomic E-state index is -0.284. The molecule has 1 aromatic carbocycles. The maximum absolute atomic E-state index is 13.0. The van der Waals surface area contributed by atoms with Crippen LogP contribution in [-0.2, 0) is 4.74 Å². The van der Waals surface area contributed by atoms with Gasteiger partial charge in [0.2, 0.25) is 0 Å². The molecule has 1 N–H and O–H groups in total. The fraction of sp³-hybridized carbons (Fsp3) is 0.412. The Morgan fingerprint density at radius 1 is 1.33 bits per heavy atom. The highest BCUT2D eigenvalue weighted by molar-refractivity contribution is 7.17. The molecule has 0 saturated carbocycles. The normalized spacial score (nSPS) is 15.4. The Labute approximate surface area is 144 Å². The molecule has 0 atom stereocenters. The first-order chi connectivity index (χ1) is 11.6. The molecule has 3 rings (SSSR count). The van der Waals surface area contributed by atoms with Crippen LogP contribution in [0.4, 0.5) is 4.39 Å². The lowest BCUT2D eigenvalue weighted by molar-refractivity contribution is 0.0383. The van der Waals surface area contributed by atoms with E-state index in [0.717, 1.165) is 43.4 Å². The highest BCUT2D eigenvalue weighted by Crippen LogP contribution is 2.27. The second-order valence-corrected chi connectivity index (χ2v) is 6.65. The monoisotopic (exact) mass is 349 g/mol. The van der Waals surface area contributed by atoms with Crippen LogP contribution in [0.3, 0.4) is 0 Å². The minimum absolute atomic E-state index is 0.105. The van der Waals surface area contributed by atoms with Crippen LogP contribution in [0.5, 0.6) is 0 Å². The number of aromatic nitrogens is 1. The number of thiazole rings is 1. The predicted molar refractivity (Wildman–Crippen MR) is 91.8 cm³/mol. The Morgan fingerprint density at radius 2 is 2.04 bits per heavy atom. The quantitative estimate of drug-likeness (QED) is 0.900. The molecule has 1 amide bonds. The summed E-state index contributed by atoms with van der Waals surface area (Å²) in [6.07, 6.45) is 0. The Kier molecular flexibility index (Phi) is 5.55. The summed E-state index contributed by atoms with van der Waals surface area (Å²) in [5.74, 6) is -0.389. The molecule has 128 valence electrons. The minimum Gasteiger partial charge on any atom is -0.379 e. The molecule has 0 unspecified atom stereocenters. The van der Waals surface area contributed by atoms with Crippen LogP contribution in [0, 0.1) is 12.7 Å². The number of rotatable bonds is 5. The van der Waals surface area contributed by atoms with Crippen molar-refractivity contribution in [3.05, 3.63) is 40.7 Å². The Morgan fingerprint density at radius 3 is 2.75 bits per heavy atom. The molecule has 0 aliphatic carbocycles. The van der Waals surface area contributed by atoms with E-state index in [9.17, 15) is 9.18 Å². The van der Waals surface area contributed by atoms with Gasteiger partial charge in [-0.3, -0.25) is 9.69 Å². The zero-order valence-electron chi connectivity index (χ0n) is 13.5. The van der Waals surface area contributed by atoms with Crippen LogP contribution in [0.2, 0.25) is 0 Å². The van der Waals surface area contributed by atoms with Gasteiger partial charge in [-0.1, -0.05) is 0 Å². The van der Waals surface area contributed by atoms with Crippen molar-refractivity contribution in [1.29, 1.82) is 0 Å². The van der Waals surface area contributed by atoms with E-state index in [-0.39, 0.29) is 11.7 Å². The summed E-state index contributed by atoms with van der Waals surface area (Å²) >= 11 is 1.33. The molecule has 1 fully saturated rings. The lowest BCUT2D eigenvalue weighted by Crippen LogP contribution is -2.41. The molecule has 0 bridgehead atoms. The molecule has 2 heterocycles. The maximum Gasteiger partial charge on any atom is 0.263 e. The summed E-state index contributed by atoms with van der Waals surface area (Å²) in [5.41, 5.74) is 1.51. The summed E-state index contributed by atoms with van der Waals surface area (Å²) in [5, 5.41) is 3.68. The number of morpholine rings is 1. The number of carbonyl (C=O) groups excluding carboxylic acids is 1. The van der Waals surface area contributed by atoms with Gasteiger partial charge >= 0.3 is 0 Å². The second kappa shape index (κ2) is 7.83. The highest BCUT2D eigenvalue weighted by Gasteiger charge is 2.17. The number of hydrogen-bond acceptors (Lipinski definition) is 5. The van der Waals surface area contributed by atoms with Gasteiger partial charge < -0.3 is 10.1 Å². The molecule has 0 radical (unpaired) electrons. The third-order valence-electron chi connectivity index (χ3n) is 3.91. The van der Waals surface area contributed by atoms with Crippen molar-refractivity contribution in [3.63, 3.8) is 0 Å². The van der Waals surface area contributed by atoms with Crippen molar-refractivity contribution >= 4 is 17.2 Å². The van der Waals surface area contributed by atoms with Gasteiger partial charge in [0, 0.05) is 31.7 Å². The van der Waals surface area contributed by atoms with Crippen molar-refractivity contribution in [2.24, 2.45) is 0 Å². The number of amides is 1. The molecular formula is C17H20FN3O2S. The van der Waals surface area contributed by atoms with Gasteiger partial charge in [0.1, 0.15) is 15.7 Å². The lowest BCUT2D eigenvalue weighted by atomic mass is 10.2. The molecule has 1 aliphatic heterocycles. The number of nitrogens with zero attached hydrogens (tertiary/aromatic N) is 2. The first-order valence-corrected chi connectivity index (χ1v) is 8.77. The van der Waals surface area contributed by atoms with E-state index in [4.69, 9.17) is 4.74 Å². The van der Waals surface area contributed by atoms with E-state index in [1.807, 2.05) is 6.92 Å². The summed E-state index contributed by atoms with van der Waals surface area (Å²) in [4.78, 5) is 19.7. The number of nitrogens with one attached hydrogen (secondary N) is 1. The number of halogens is 1. The van der Waals surface area contributed by atoms with Gasteiger partial charge in [0.05, 0.1) is 18.9 Å². The van der Waals surface area contributed by atoms with E-state index in [1.165, 1.54) is 23.5 Å². The number of ether oxygens (including phenoxy) is 1. The summed E-state index contributed by atoms with van der Waals surface area (Å²) in [6, 6.07) is 6.14. The van der Waals surface area contributed by atoms with E-state index >= 15 is 0 Å². The first-order valence-electron chi connectivity index (χ1n) is 7.95. The molecule has 1 saturated heterocycles. The SMILES string of the molecule is Cc1nc(-c2ccc(F)cc2)sc1C(=O)NCCN1CCOCC1. The van der Waals surface area contributed by atoms with Crippen LogP contribution in [0.25, 0.3) is 10.6 Å². The number of benzene rings is 1. The van der Waals surface area contributed by atoms with Crippen LogP contribution in [0.15, 0.2) is 24.3 Å². The van der Waals surface area contributed by atoms with Crippen LogP contribution in [0.1, 0.15) is 15.4 Å². The fourth-order valence-electron chi connectivity index (χ4n) is 2.56. The molecule has 7 heteroatoms. The summed E-state index contributed by atoms with van der Waals surface area (Å²) < 4.78 is 18.3. The molecule has 1 aliphatic rings. The topological polar surface area (TPSA) is 54.5 Å².